The van der Waals surface area contributed by atoms with E-state index >= 15 is 0 Å². The molecule has 3 amide bonds. The molecule has 8 nitrogen and oxygen atoms in total. The third kappa shape index (κ3) is 5.80. The van der Waals surface area contributed by atoms with E-state index < -0.39 is 11.8 Å². The SMILES string of the molecule is Cc1cc(C)cc(C(=O)NCC(=O)NNC(=O)c2cn(-c3ccccc3)nc2-c2ccccc2)c1. The van der Waals surface area contributed by atoms with E-state index in [0.29, 0.717) is 16.8 Å². The van der Waals surface area contributed by atoms with Gasteiger partial charge in [0.1, 0.15) is 5.69 Å². The van der Waals surface area contributed by atoms with Gasteiger partial charge in [-0.15, -0.1) is 0 Å². The number of rotatable bonds is 6. The number of nitrogens with zero attached hydrogens (tertiary/aromatic N) is 2. The molecule has 176 valence electrons. The minimum atomic E-state index is -0.562. The van der Waals surface area contributed by atoms with Crippen molar-refractivity contribution >= 4 is 17.7 Å². The number of aromatic nitrogens is 2. The van der Waals surface area contributed by atoms with Gasteiger partial charge in [0.15, 0.2) is 0 Å². The largest absolute Gasteiger partial charge is 0.343 e. The molecule has 0 radical (unpaired) electrons. The van der Waals surface area contributed by atoms with Crippen LogP contribution >= 0.6 is 0 Å². The Kier molecular flexibility index (Phi) is 7.02. The number of para-hydroxylation sites is 1. The van der Waals surface area contributed by atoms with Crippen molar-refractivity contribution in [3.05, 3.63) is 107 Å². The second kappa shape index (κ2) is 10.5. The van der Waals surface area contributed by atoms with E-state index in [1.54, 1.807) is 23.0 Å². The van der Waals surface area contributed by atoms with Crippen molar-refractivity contribution in [2.75, 3.05) is 6.54 Å². The van der Waals surface area contributed by atoms with E-state index in [-0.39, 0.29) is 12.5 Å². The highest BCUT2D eigenvalue weighted by Gasteiger charge is 2.19. The molecule has 0 aliphatic carbocycles. The number of benzene rings is 3. The monoisotopic (exact) mass is 467 g/mol. The Morgan fingerprint density at radius 1 is 0.800 bits per heavy atom. The summed E-state index contributed by atoms with van der Waals surface area (Å²) in [4.78, 5) is 37.6. The van der Waals surface area contributed by atoms with Crippen LogP contribution in [-0.2, 0) is 4.79 Å². The first-order valence-electron chi connectivity index (χ1n) is 11.1. The average molecular weight is 468 g/mol. The number of carbonyl (C=O) groups excluding carboxylic acids is 3. The molecule has 4 aromatic rings. The summed E-state index contributed by atoms with van der Waals surface area (Å²) in [6.07, 6.45) is 1.61. The van der Waals surface area contributed by atoms with Gasteiger partial charge in [0.25, 0.3) is 17.7 Å². The van der Waals surface area contributed by atoms with Gasteiger partial charge >= 0.3 is 0 Å². The minimum Gasteiger partial charge on any atom is -0.343 e. The van der Waals surface area contributed by atoms with Gasteiger partial charge in [-0.25, -0.2) is 4.68 Å². The van der Waals surface area contributed by atoms with Crippen LogP contribution in [-0.4, -0.2) is 34.0 Å². The van der Waals surface area contributed by atoms with Gasteiger partial charge in [-0.05, 0) is 38.1 Å². The van der Waals surface area contributed by atoms with Crippen LogP contribution in [0, 0.1) is 13.8 Å². The minimum absolute atomic E-state index is 0.291. The molecule has 1 aromatic heterocycles. The molecule has 0 spiro atoms. The first-order chi connectivity index (χ1) is 16.9. The second-order valence-corrected chi connectivity index (χ2v) is 8.10. The lowest BCUT2D eigenvalue weighted by molar-refractivity contribution is -0.120. The summed E-state index contributed by atoms with van der Waals surface area (Å²) in [5.74, 6) is -1.46. The van der Waals surface area contributed by atoms with Crippen molar-refractivity contribution in [3.8, 4) is 16.9 Å². The van der Waals surface area contributed by atoms with Crippen molar-refractivity contribution < 1.29 is 14.4 Å². The number of nitrogens with one attached hydrogen (secondary N) is 3. The van der Waals surface area contributed by atoms with Crippen LogP contribution in [0.1, 0.15) is 31.8 Å². The lowest BCUT2D eigenvalue weighted by atomic mass is 10.1. The fourth-order valence-corrected chi connectivity index (χ4v) is 3.67. The van der Waals surface area contributed by atoms with Crippen LogP contribution in [0.3, 0.4) is 0 Å². The number of hydrogen-bond donors (Lipinski definition) is 3. The molecule has 0 aliphatic rings. The van der Waals surface area contributed by atoms with Crippen molar-refractivity contribution in [2.24, 2.45) is 0 Å². The molecule has 3 aromatic carbocycles. The number of amides is 3. The van der Waals surface area contributed by atoms with Gasteiger partial charge in [0.05, 0.1) is 17.8 Å². The number of hydrazine groups is 1. The van der Waals surface area contributed by atoms with Crippen LogP contribution < -0.4 is 16.2 Å². The standard InChI is InChI=1S/C27H25N5O3/c1-18-13-19(2)15-21(14-18)26(34)28-16-24(33)29-30-27(35)23-17-32(22-11-7-4-8-12-22)31-25(23)20-9-5-3-6-10-20/h3-15,17H,16H2,1-2H3,(H,28,34)(H,29,33)(H,30,35). The van der Waals surface area contributed by atoms with Gasteiger partial charge in [-0.3, -0.25) is 25.2 Å². The van der Waals surface area contributed by atoms with E-state index in [1.807, 2.05) is 80.6 Å². The van der Waals surface area contributed by atoms with Gasteiger partial charge in [0.2, 0.25) is 0 Å². The highest BCUT2D eigenvalue weighted by atomic mass is 16.2. The van der Waals surface area contributed by atoms with Crippen LogP contribution in [0.4, 0.5) is 0 Å². The normalized spacial score (nSPS) is 10.5. The Hall–Kier alpha value is -4.72. The highest BCUT2D eigenvalue weighted by Crippen LogP contribution is 2.23. The third-order valence-corrected chi connectivity index (χ3v) is 5.24. The van der Waals surface area contributed by atoms with Crippen molar-refractivity contribution in [3.63, 3.8) is 0 Å². The summed E-state index contributed by atoms with van der Waals surface area (Å²) in [5, 5.41) is 7.15. The average Bonchev–Trinajstić information content (AvgIpc) is 3.32. The first-order valence-corrected chi connectivity index (χ1v) is 11.1. The quantitative estimate of drug-likeness (QED) is 0.378. The summed E-state index contributed by atoms with van der Waals surface area (Å²) in [5.41, 5.74) is 9.47. The van der Waals surface area contributed by atoms with Crippen molar-refractivity contribution in [1.29, 1.82) is 0 Å². The van der Waals surface area contributed by atoms with E-state index in [9.17, 15) is 14.4 Å². The van der Waals surface area contributed by atoms with Gasteiger partial charge < -0.3 is 5.32 Å². The van der Waals surface area contributed by atoms with Crippen LogP contribution in [0.2, 0.25) is 0 Å². The van der Waals surface area contributed by atoms with Gasteiger partial charge in [0, 0.05) is 17.3 Å². The summed E-state index contributed by atoms with van der Waals surface area (Å²) in [6.45, 7) is 3.51. The van der Waals surface area contributed by atoms with Crippen molar-refractivity contribution in [1.82, 2.24) is 25.9 Å². The van der Waals surface area contributed by atoms with E-state index in [2.05, 4.69) is 21.3 Å². The molecule has 0 fully saturated rings. The maximum Gasteiger partial charge on any atom is 0.273 e. The zero-order valence-corrected chi connectivity index (χ0v) is 19.4. The summed E-state index contributed by atoms with van der Waals surface area (Å²) < 4.78 is 1.61. The van der Waals surface area contributed by atoms with E-state index in [1.165, 1.54) is 0 Å². The molecule has 8 heteroatoms. The predicted octanol–water partition coefficient (Wildman–Crippen LogP) is 3.35. The highest BCUT2D eigenvalue weighted by molar-refractivity contribution is 6.01. The molecular weight excluding hydrogens is 442 g/mol. The maximum atomic E-state index is 13.0. The molecular formula is C27H25N5O3. The Labute approximate surface area is 203 Å². The van der Waals surface area contributed by atoms with Gasteiger partial charge in [-0.1, -0.05) is 65.7 Å². The number of aryl methyl sites for hydroxylation is 2. The molecule has 4 rings (SSSR count). The number of hydrogen-bond acceptors (Lipinski definition) is 4. The molecule has 0 unspecified atom stereocenters. The van der Waals surface area contributed by atoms with Crippen LogP contribution in [0.15, 0.2) is 85.1 Å². The molecule has 0 saturated heterocycles. The lowest BCUT2D eigenvalue weighted by Crippen LogP contribution is -2.46. The molecule has 1 heterocycles. The topological polar surface area (TPSA) is 105 Å². The Morgan fingerprint density at radius 2 is 1.43 bits per heavy atom. The molecule has 0 aliphatic heterocycles. The first kappa shape index (κ1) is 23.4. The molecule has 35 heavy (non-hydrogen) atoms. The summed E-state index contributed by atoms with van der Waals surface area (Å²) >= 11 is 0. The predicted molar refractivity (Wildman–Crippen MR) is 133 cm³/mol. The Balaban J connectivity index is 1.43. The lowest BCUT2D eigenvalue weighted by Gasteiger charge is -2.09. The fourth-order valence-electron chi connectivity index (χ4n) is 3.67. The van der Waals surface area contributed by atoms with Crippen LogP contribution in [0.25, 0.3) is 16.9 Å². The third-order valence-electron chi connectivity index (χ3n) is 5.24. The molecule has 0 saturated carbocycles. The summed E-state index contributed by atoms with van der Waals surface area (Å²) in [6, 6.07) is 24.2. The fraction of sp³-hybridized carbons (Fsp3) is 0.111. The van der Waals surface area contributed by atoms with Crippen LogP contribution in [0.5, 0.6) is 0 Å². The van der Waals surface area contributed by atoms with Crippen molar-refractivity contribution in [2.45, 2.75) is 13.8 Å². The molecule has 3 N–H and O–H groups in total. The molecule has 0 bridgehead atoms. The van der Waals surface area contributed by atoms with Gasteiger partial charge in [-0.2, -0.15) is 5.10 Å². The molecule has 0 atom stereocenters. The zero-order chi connectivity index (χ0) is 24.8. The maximum absolute atomic E-state index is 13.0. The smallest absolute Gasteiger partial charge is 0.273 e. The number of carbonyl (C=O) groups is 3. The zero-order valence-electron chi connectivity index (χ0n) is 19.4. The van der Waals surface area contributed by atoms with E-state index in [4.69, 9.17) is 0 Å². The van der Waals surface area contributed by atoms with E-state index in [0.717, 1.165) is 22.4 Å². The Bertz CT molecular complexity index is 1340. The summed E-state index contributed by atoms with van der Waals surface area (Å²) in [7, 11) is 0. The second-order valence-electron chi connectivity index (χ2n) is 8.10. The Morgan fingerprint density at radius 3 is 2.09 bits per heavy atom.